The van der Waals surface area contributed by atoms with Crippen molar-refractivity contribution >= 4 is 33.9 Å². The fraction of sp³-hybridized carbons (Fsp3) is 0.364. The molecule has 0 radical (unpaired) electrons. The van der Waals surface area contributed by atoms with Crippen LogP contribution in [0, 0.1) is 5.92 Å². The summed E-state index contributed by atoms with van der Waals surface area (Å²) in [6.07, 6.45) is 2.24. The number of aliphatic hydroxyl groups excluding tert-OH is 1. The minimum absolute atomic E-state index is 0.0138. The molecule has 19 heavy (non-hydrogen) atoms. The first kappa shape index (κ1) is 13.9. The zero-order valence-electron chi connectivity index (χ0n) is 10.1. The number of thiophene rings is 1. The van der Waals surface area contributed by atoms with E-state index in [9.17, 15) is 9.90 Å². The number of amides is 2. The smallest absolute Gasteiger partial charge is 0.319 e. The average molecular weight is 298 g/mol. The van der Waals surface area contributed by atoms with Gasteiger partial charge in [-0.05, 0) is 28.8 Å². The number of hydrogen-bond donors (Lipinski definition) is 3. The molecule has 0 aliphatic rings. The first-order chi connectivity index (χ1) is 9.28. The lowest BCUT2D eigenvalue weighted by Crippen LogP contribution is -2.34. The van der Waals surface area contributed by atoms with E-state index in [1.807, 2.05) is 16.8 Å². The molecule has 0 aromatic carbocycles. The van der Waals surface area contributed by atoms with E-state index in [4.69, 9.17) is 0 Å². The van der Waals surface area contributed by atoms with Crippen LogP contribution in [-0.4, -0.2) is 33.9 Å². The Hall–Kier alpha value is -1.51. The molecule has 0 aliphatic carbocycles. The summed E-state index contributed by atoms with van der Waals surface area (Å²) in [7, 11) is 0. The van der Waals surface area contributed by atoms with Crippen molar-refractivity contribution in [2.75, 3.05) is 18.5 Å². The van der Waals surface area contributed by atoms with E-state index in [0.717, 1.165) is 18.0 Å². The molecule has 2 heterocycles. The van der Waals surface area contributed by atoms with Gasteiger partial charge < -0.3 is 10.4 Å². The van der Waals surface area contributed by atoms with Crippen LogP contribution in [0.4, 0.5) is 9.80 Å². The van der Waals surface area contributed by atoms with Crippen LogP contribution < -0.4 is 10.6 Å². The van der Waals surface area contributed by atoms with Gasteiger partial charge in [-0.3, -0.25) is 5.32 Å². The minimum atomic E-state index is -0.310. The third-order valence-corrected chi connectivity index (χ3v) is 3.82. The van der Waals surface area contributed by atoms with Gasteiger partial charge in [-0.2, -0.15) is 11.3 Å². The number of nitrogens with zero attached hydrogens (tertiary/aromatic N) is 2. The molecule has 0 spiro atoms. The minimum Gasteiger partial charge on any atom is -0.396 e. The maximum Gasteiger partial charge on any atom is 0.319 e. The predicted octanol–water partition coefficient (Wildman–Crippen LogP) is 1.57. The molecule has 6 nitrogen and oxygen atoms in total. The van der Waals surface area contributed by atoms with E-state index < -0.39 is 0 Å². The van der Waals surface area contributed by atoms with Gasteiger partial charge in [0.1, 0.15) is 5.00 Å². The van der Waals surface area contributed by atoms with Crippen molar-refractivity contribution in [1.82, 2.24) is 14.9 Å². The summed E-state index contributed by atoms with van der Waals surface area (Å²) in [5, 5.41) is 22.9. The molecule has 2 aromatic rings. The highest BCUT2D eigenvalue weighted by Gasteiger charge is 2.11. The fourth-order valence-electron chi connectivity index (χ4n) is 1.56. The van der Waals surface area contributed by atoms with E-state index in [2.05, 4.69) is 20.2 Å². The molecular formula is C11H14N4O2S2. The Kier molecular flexibility index (Phi) is 5.25. The van der Waals surface area contributed by atoms with Crippen molar-refractivity contribution in [1.29, 1.82) is 0 Å². The summed E-state index contributed by atoms with van der Waals surface area (Å²) in [5.74, 6) is 0.0138. The zero-order chi connectivity index (χ0) is 13.5. The van der Waals surface area contributed by atoms with Gasteiger partial charge in [0, 0.05) is 30.6 Å². The molecule has 3 N–H and O–H groups in total. The normalized spacial score (nSPS) is 12.1. The lowest BCUT2D eigenvalue weighted by molar-refractivity contribution is 0.218. The highest BCUT2D eigenvalue weighted by Crippen LogP contribution is 2.12. The molecular weight excluding hydrogens is 284 g/mol. The van der Waals surface area contributed by atoms with E-state index >= 15 is 0 Å². The van der Waals surface area contributed by atoms with Crippen molar-refractivity contribution in [3.8, 4) is 0 Å². The Morgan fingerprint density at radius 3 is 3.05 bits per heavy atom. The van der Waals surface area contributed by atoms with E-state index in [1.165, 1.54) is 11.8 Å². The molecule has 0 saturated carbocycles. The maximum atomic E-state index is 11.6. The van der Waals surface area contributed by atoms with Gasteiger partial charge in [-0.15, -0.1) is 5.10 Å². The molecule has 2 rings (SSSR count). The molecule has 2 aromatic heterocycles. The number of aliphatic hydroxyl groups is 1. The van der Waals surface area contributed by atoms with Crippen molar-refractivity contribution in [3.63, 3.8) is 0 Å². The van der Waals surface area contributed by atoms with Crippen molar-refractivity contribution in [2.45, 2.75) is 6.42 Å². The average Bonchev–Trinajstić information content (AvgIpc) is 3.07. The fourth-order valence-corrected chi connectivity index (χ4v) is 2.66. The van der Waals surface area contributed by atoms with Crippen LogP contribution in [0.3, 0.4) is 0 Å². The van der Waals surface area contributed by atoms with Crippen molar-refractivity contribution < 1.29 is 9.90 Å². The summed E-state index contributed by atoms with van der Waals surface area (Å²) >= 11 is 2.74. The van der Waals surface area contributed by atoms with Gasteiger partial charge in [-0.1, -0.05) is 4.49 Å². The second-order valence-electron chi connectivity index (χ2n) is 4.00. The third-order valence-electron chi connectivity index (χ3n) is 2.51. The lowest BCUT2D eigenvalue weighted by Gasteiger charge is -2.14. The Balaban J connectivity index is 1.74. The van der Waals surface area contributed by atoms with Crippen molar-refractivity contribution in [3.05, 3.63) is 28.6 Å². The lowest BCUT2D eigenvalue weighted by atomic mass is 10.0. The largest absolute Gasteiger partial charge is 0.396 e. The Morgan fingerprint density at radius 2 is 2.42 bits per heavy atom. The number of anilines is 1. The number of urea groups is 1. The molecule has 102 valence electrons. The molecule has 0 aliphatic heterocycles. The van der Waals surface area contributed by atoms with Crippen LogP contribution >= 0.6 is 22.9 Å². The topological polar surface area (TPSA) is 87.1 Å². The summed E-state index contributed by atoms with van der Waals surface area (Å²) in [6, 6.07) is 1.71. The van der Waals surface area contributed by atoms with Gasteiger partial charge in [0.2, 0.25) is 0 Å². The summed E-state index contributed by atoms with van der Waals surface area (Å²) in [4.78, 5) is 11.6. The van der Waals surface area contributed by atoms with Crippen LogP contribution in [0.1, 0.15) is 5.56 Å². The number of carbonyl (C=O) groups excluding carboxylic acids is 1. The summed E-state index contributed by atoms with van der Waals surface area (Å²) in [6.45, 7) is 0.461. The molecule has 8 heteroatoms. The Bertz CT molecular complexity index is 487. The monoisotopic (exact) mass is 298 g/mol. The van der Waals surface area contributed by atoms with Gasteiger partial charge in [0.25, 0.3) is 0 Å². The second-order valence-corrected chi connectivity index (χ2v) is 5.57. The first-order valence-corrected chi connectivity index (χ1v) is 7.43. The van der Waals surface area contributed by atoms with E-state index in [0.29, 0.717) is 11.5 Å². The Labute approximate surface area is 118 Å². The van der Waals surface area contributed by atoms with Crippen LogP contribution in [0.25, 0.3) is 0 Å². The molecule has 0 fully saturated rings. The SMILES string of the molecule is O=C(NC[C@H](CO)Cc1ccsc1)Nc1cnns1. The number of hydrogen-bond acceptors (Lipinski definition) is 6. The molecule has 0 unspecified atom stereocenters. The van der Waals surface area contributed by atoms with Crippen LogP contribution in [0.2, 0.25) is 0 Å². The number of nitrogens with one attached hydrogen (secondary N) is 2. The summed E-state index contributed by atoms with van der Waals surface area (Å²) in [5.41, 5.74) is 1.18. The number of carbonyl (C=O) groups is 1. The van der Waals surface area contributed by atoms with Crippen LogP contribution in [0.5, 0.6) is 0 Å². The number of aromatic nitrogens is 2. The standard InChI is InChI=1S/C11H14N4O2S2/c16-6-9(3-8-1-2-18-7-8)4-12-11(17)14-10-5-13-15-19-10/h1-2,5,7,9,16H,3-4,6H2,(H2,12,14,17)/t9-/m1/s1. The van der Waals surface area contributed by atoms with Crippen LogP contribution in [-0.2, 0) is 6.42 Å². The number of rotatable bonds is 6. The van der Waals surface area contributed by atoms with E-state index in [-0.39, 0.29) is 18.6 Å². The van der Waals surface area contributed by atoms with Gasteiger partial charge in [-0.25, -0.2) is 4.79 Å². The van der Waals surface area contributed by atoms with E-state index in [1.54, 1.807) is 11.3 Å². The Morgan fingerprint density at radius 1 is 1.53 bits per heavy atom. The third kappa shape index (κ3) is 4.58. The highest BCUT2D eigenvalue weighted by atomic mass is 32.1. The molecule has 0 saturated heterocycles. The molecule has 2 amide bonds. The second kappa shape index (κ2) is 7.17. The summed E-state index contributed by atoms with van der Waals surface area (Å²) < 4.78 is 3.65. The highest BCUT2D eigenvalue weighted by molar-refractivity contribution is 7.10. The van der Waals surface area contributed by atoms with Gasteiger partial charge in [0.05, 0.1) is 6.20 Å². The van der Waals surface area contributed by atoms with Gasteiger partial charge in [0.15, 0.2) is 0 Å². The van der Waals surface area contributed by atoms with Gasteiger partial charge >= 0.3 is 6.03 Å². The first-order valence-electron chi connectivity index (χ1n) is 5.72. The molecule has 0 bridgehead atoms. The zero-order valence-corrected chi connectivity index (χ0v) is 11.7. The van der Waals surface area contributed by atoms with Crippen LogP contribution in [0.15, 0.2) is 23.0 Å². The molecule has 1 atom stereocenters. The van der Waals surface area contributed by atoms with Crippen molar-refractivity contribution in [2.24, 2.45) is 5.92 Å². The maximum absolute atomic E-state index is 11.6. The predicted molar refractivity (Wildman–Crippen MR) is 75.5 cm³/mol. The quantitative estimate of drug-likeness (QED) is 0.755.